The van der Waals surface area contributed by atoms with Gasteiger partial charge in [0.1, 0.15) is 11.9 Å². The predicted octanol–water partition coefficient (Wildman–Crippen LogP) is 2.69. The molecule has 4 heteroatoms. The second kappa shape index (κ2) is 6.31. The Balaban J connectivity index is 1.56. The van der Waals surface area contributed by atoms with E-state index in [1.165, 1.54) is 16.7 Å². The molecule has 0 radical (unpaired) electrons. The summed E-state index contributed by atoms with van der Waals surface area (Å²) in [5.41, 5.74) is 3.84. The number of nitrogens with one attached hydrogen (secondary N) is 1. The molecule has 1 N–H and O–H groups in total. The maximum Gasteiger partial charge on any atom is 0.123 e. The monoisotopic (exact) mass is 285 g/mol. The first kappa shape index (κ1) is 14.1. The van der Waals surface area contributed by atoms with Crippen molar-refractivity contribution in [1.82, 2.24) is 15.1 Å². The Bertz CT molecular complexity index is 606. The van der Waals surface area contributed by atoms with Gasteiger partial charge in [0.2, 0.25) is 0 Å². The summed E-state index contributed by atoms with van der Waals surface area (Å²) in [6.45, 7) is 7.04. The van der Waals surface area contributed by atoms with Crippen LogP contribution in [0.5, 0.6) is 5.75 Å². The molecule has 1 aromatic heterocycles. The van der Waals surface area contributed by atoms with Gasteiger partial charge in [-0.2, -0.15) is 5.10 Å². The Morgan fingerprint density at radius 3 is 3.19 bits per heavy atom. The minimum atomic E-state index is 0.193. The highest BCUT2D eigenvalue weighted by molar-refractivity contribution is 5.40. The second-order valence-electron chi connectivity index (χ2n) is 5.80. The SMILES string of the molecule is CCCNCc1cnn(CC2Cc3cc(C)ccc3O2)c1. The molecular weight excluding hydrogens is 262 g/mol. The Morgan fingerprint density at radius 2 is 2.33 bits per heavy atom. The van der Waals surface area contributed by atoms with Crippen LogP contribution in [0.1, 0.15) is 30.0 Å². The Morgan fingerprint density at radius 1 is 1.43 bits per heavy atom. The molecule has 4 nitrogen and oxygen atoms in total. The molecule has 0 amide bonds. The van der Waals surface area contributed by atoms with E-state index >= 15 is 0 Å². The zero-order valence-corrected chi connectivity index (χ0v) is 12.8. The van der Waals surface area contributed by atoms with Crippen molar-refractivity contribution >= 4 is 0 Å². The number of benzene rings is 1. The maximum atomic E-state index is 6.00. The Labute approximate surface area is 126 Å². The van der Waals surface area contributed by atoms with Crippen LogP contribution in [-0.4, -0.2) is 22.4 Å². The quantitative estimate of drug-likeness (QED) is 0.829. The lowest BCUT2D eigenvalue weighted by Gasteiger charge is -2.10. The van der Waals surface area contributed by atoms with Gasteiger partial charge in [-0.1, -0.05) is 24.6 Å². The standard InChI is InChI=1S/C17H23N3O/c1-3-6-18-9-14-10-19-20(11-14)12-16-8-15-7-13(2)4-5-17(15)21-16/h4-5,7,10-11,16,18H,3,6,8-9,12H2,1-2H3. The molecule has 3 rings (SSSR count). The van der Waals surface area contributed by atoms with Crippen LogP contribution in [-0.2, 0) is 19.5 Å². The van der Waals surface area contributed by atoms with Crippen molar-refractivity contribution in [3.05, 3.63) is 47.3 Å². The number of aromatic nitrogens is 2. The number of ether oxygens (including phenoxy) is 1. The number of fused-ring (bicyclic) bond motifs is 1. The third-order valence-corrected chi connectivity index (χ3v) is 3.79. The molecule has 0 saturated heterocycles. The summed E-state index contributed by atoms with van der Waals surface area (Å²) in [6, 6.07) is 6.40. The summed E-state index contributed by atoms with van der Waals surface area (Å²) in [5.74, 6) is 1.03. The van der Waals surface area contributed by atoms with E-state index in [-0.39, 0.29) is 6.10 Å². The van der Waals surface area contributed by atoms with Gasteiger partial charge in [0.15, 0.2) is 0 Å². The second-order valence-corrected chi connectivity index (χ2v) is 5.80. The average Bonchev–Trinajstić information content (AvgIpc) is 3.05. The van der Waals surface area contributed by atoms with E-state index in [1.807, 2.05) is 10.9 Å². The van der Waals surface area contributed by atoms with Gasteiger partial charge >= 0.3 is 0 Å². The maximum absolute atomic E-state index is 6.00. The van der Waals surface area contributed by atoms with Crippen molar-refractivity contribution in [2.45, 2.75) is 45.9 Å². The molecule has 0 saturated carbocycles. The molecule has 1 aliphatic rings. The molecule has 0 aliphatic carbocycles. The van der Waals surface area contributed by atoms with Gasteiger partial charge in [0.05, 0.1) is 12.7 Å². The topological polar surface area (TPSA) is 39.1 Å². The van der Waals surface area contributed by atoms with E-state index in [0.29, 0.717) is 0 Å². The fraction of sp³-hybridized carbons (Fsp3) is 0.471. The molecule has 112 valence electrons. The molecular formula is C17H23N3O. The van der Waals surface area contributed by atoms with Crippen LogP contribution >= 0.6 is 0 Å². The van der Waals surface area contributed by atoms with Gasteiger partial charge in [0.25, 0.3) is 0 Å². The Hall–Kier alpha value is -1.81. The van der Waals surface area contributed by atoms with Crippen LogP contribution in [0.15, 0.2) is 30.6 Å². The van der Waals surface area contributed by atoms with E-state index in [2.05, 4.69) is 48.7 Å². The normalized spacial score (nSPS) is 16.8. The predicted molar refractivity (Wildman–Crippen MR) is 83.5 cm³/mol. The van der Waals surface area contributed by atoms with Crippen LogP contribution in [0.3, 0.4) is 0 Å². The number of nitrogens with zero attached hydrogens (tertiary/aromatic N) is 2. The summed E-state index contributed by atoms with van der Waals surface area (Å²) >= 11 is 0. The zero-order chi connectivity index (χ0) is 14.7. The molecule has 2 aromatic rings. The van der Waals surface area contributed by atoms with Gasteiger partial charge in [-0.15, -0.1) is 0 Å². The molecule has 1 atom stereocenters. The van der Waals surface area contributed by atoms with Crippen molar-refractivity contribution in [2.24, 2.45) is 0 Å². The first-order valence-electron chi connectivity index (χ1n) is 7.73. The van der Waals surface area contributed by atoms with Gasteiger partial charge in [-0.05, 0) is 31.5 Å². The fourth-order valence-corrected chi connectivity index (χ4v) is 2.77. The van der Waals surface area contributed by atoms with E-state index < -0.39 is 0 Å². The van der Waals surface area contributed by atoms with Crippen LogP contribution in [0, 0.1) is 6.92 Å². The third-order valence-electron chi connectivity index (χ3n) is 3.79. The van der Waals surface area contributed by atoms with Crippen LogP contribution in [0.4, 0.5) is 0 Å². The summed E-state index contributed by atoms with van der Waals surface area (Å²) in [5, 5.41) is 7.83. The minimum absolute atomic E-state index is 0.193. The van der Waals surface area contributed by atoms with Crippen molar-refractivity contribution in [2.75, 3.05) is 6.54 Å². The van der Waals surface area contributed by atoms with Crippen molar-refractivity contribution in [1.29, 1.82) is 0 Å². The molecule has 1 unspecified atom stereocenters. The fourth-order valence-electron chi connectivity index (χ4n) is 2.77. The summed E-state index contributed by atoms with van der Waals surface area (Å²) in [7, 11) is 0. The van der Waals surface area contributed by atoms with Gasteiger partial charge in [0, 0.05) is 24.7 Å². The Kier molecular flexibility index (Phi) is 4.25. The van der Waals surface area contributed by atoms with E-state index in [9.17, 15) is 0 Å². The van der Waals surface area contributed by atoms with E-state index in [1.54, 1.807) is 0 Å². The highest BCUT2D eigenvalue weighted by atomic mass is 16.5. The summed E-state index contributed by atoms with van der Waals surface area (Å²) in [4.78, 5) is 0. The molecule has 1 aliphatic heterocycles. The third kappa shape index (κ3) is 3.45. The van der Waals surface area contributed by atoms with Gasteiger partial charge < -0.3 is 10.1 Å². The van der Waals surface area contributed by atoms with E-state index in [0.717, 1.165) is 38.2 Å². The van der Waals surface area contributed by atoms with E-state index in [4.69, 9.17) is 4.74 Å². The average molecular weight is 285 g/mol. The highest BCUT2D eigenvalue weighted by Crippen LogP contribution is 2.29. The van der Waals surface area contributed by atoms with Gasteiger partial charge in [-0.3, -0.25) is 4.68 Å². The lowest BCUT2D eigenvalue weighted by molar-refractivity contribution is 0.203. The molecule has 21 heavy (non-hydrogen) atoms. The van der Waals surface area contributed by atoms with Gasteiger partial charge in [-0.25, -0.2) is 0 Å². The molecule has 1 aromatic carbocycles. The largest absolute Gasteiger partial charge is 0.488 e. The number of aryl methyl sites for hydroxylation is 1. The minimum Gasteiger partial charge on any atom is -0.488 e. The first-order chi connectivity index (χ1) is 10.2. The molecule has 2 heterocycles. The zero-order valence-electron chi connectivity index (χ0n) is 12.8. The first-order valence-corrected chi connectivity index (χ1v) is 7.73. The smallest absolute Gasteiger partial charge is 0.123 e. The molecule has 0 spiro atoms. The number of rotatable bonds is 6. The highest BCUT2D eigenvalue weighted by Gasteiger charge is 2.23. The number of hydrogen-bond donors (Lipinski definition) is 1. The summed E-state index contributed by atoms with van der Waals surface area (Å²) in [6.07, 6.45) is 6.37. The molecule has 0 bridgehead atoms. The van der Waals surface area contributed by atoms with Crippen LogP contribution < -0.4 is 10.1 Å². The van der Waals surface area contributed by atoms with Crippen LogP contribution in [0.25, 0.3) is 0 Å². The summed E-state index contributed by atoms with van der Waals surface area (Å²) < 4.78 is 7.99. The lowest BCUT2D eigenvalue weighted by Crippen LogP contribution is -2.21. The van der Waals surface area contributed by atoms with Crippen molar-refractivity contribution in [3.63, 3.8) is 0 Å². The van der Waals surface area contributed by atoms with Crippen molar-refractivity contribution < 1.29 is 4.74 Å². The number of hydrogen-bond acceptors (Lipinski definition) is 3. The van der Waals surface area contributed by atoms with Crippen LogP contribution in [0.2, 0.25) is 0 Å². The van der Waals surface area contributed by atoms with Crippen molar-refractivity contribution in [3.8, 4) is 5.75 Å². The lowest BCUT2D eigenvalue weighted by atomic mass is 10.1. The molecule has 0 fully saturated rings.